The Morgan fingerprint density at radius 3 is 2.32 bits per heavy atom. The van der Waals surface area contributed by atoms with Crippen LogP contribution in [-0.2, 0) is 4.79 Å². The summed E-state index contributed by atoms with van der Waals surface area (Å²) in [5, 5.41) is 6.42. The summed E-state index contributed by atoms with van der Waals surface area (Å²) in [6, 6.07) is 7.40. The SMILES string of the molecule is CN1N=C(C(C)(C)C)C(=Cc2ccc(Cl)cc2)C1=O. The van der Waals surface area contributed by atoms with Gasteiger partial charge in [0.05, 0.1) is 11.3 Å². The first-order chi connectivity index (χ1) is 8.79. The normalized spacial score (nSPS) is 18.2. The molecular weight excluding hydrogens is 260 g/mol. The number of likely N-dealkylation sites (N-methyl/N-ethyl adjacent to an activating group) is 1. The lowest BCUT2D eigenvalue weighted by atomic mass is 9.85. The van der Waals surface area contributed by atoms with Gasteiger partial charge in [-0.1, -0.05) is 44.5 Å². The number of carbonyl (C=O) groups is 1. The number of carbonyl (C=O) groups excluding carboxylic acids is 1. The lowest BCUT2D eigenvalue weighted by molar-refractivity contribution is -0.124. The van der Waals surface area contributed by atoms with Crippen LogP contribution in [-0.4, -0.2) is 23.7 Å². The second-order valence-corrected chi connectivity index (χ2v) is 6.07. The maximum atomic E-state index is 12.2. The van der Waals surface area contributed by atoms with E-state index in [0.29, 0.717) is 10.6 Å². The highest BCUT2D eigenvalue weighted by molar-refractivity contribution is 6.31. The van der Waals surface area contributed by atoms with Crippen molar-refractivity contribution in [3.05, 3.63) is 40.4 Å². The topological polar surface area (TPSA) is 32.7 Å². The van der Waals surface area contributed by atoms with Crippen molar-refractivity contribution in [1.82, 2.24) is 5.01 Å². The summed E-state index contributed by atoms with van der Waals surface area (Å²) in [5.74, 6) is -0.0696. The van der Waals surface area contributed by atoms with Crippen LogP contribution in [0.25, 0.3) is 6.08 Å². The van der Waals surface area contributed by atoms with Crippen LogP contribution in [0.1, 0.15) is 26.3 Å². The van der Waals surface area contributed by atoms with E-state index in [4.69, 9.17) is 11.6 Å². The van der Waals surface area contributed by atoms with Gasteiger partial charge in [0.1, 0.15) is 0 Å². The molecule has 4 heteroatoms. The third kappa shape index (κ3) is 2.87. The van der Waals surface area contributed by atoms with Gasteiger partial charge in [0.15, 0.2) is 0 Å². The van der Waals surface area contributed by atoms with E-state index in [1.54, 1.807) is 7.05 Å². The fraction of sp³-hybridized carbons (Fsp3) is 0.333. The summed E-state index contributed by atoms with van der Waals surface area (Å²) in [6.45, 7) is 6.15. The zero-order chi connectivity index (χ0) is 14.2. The minimum atomic E-state index is -0.168. The number of hydrogen-bond donors (Lipinski definition) is 0. The quantitative estimate of drug-likeness (QED) is 0.722. The van der Waals surface area contributed by atoms with E-state index in [2.05, 4.69) is 5.10 Å². The molecule has 0 aromatic heterocycles. The second-order valence-electron chi connectivity index (χ2n) is 5.64. The zero-order valence-electron chi connectivity index (χ0n) is 11.6. The standard InChI is InChI=1S/C15H17ClN2O/c1-15(2,3)13-12(14(19)18(4)17-13)9-10-5-7-11(16)8-6-10/h5-9H,1-4H3. The summed E-state index contributed by atoms with van der Waals surface area (Å²) in [5.41, 5.74) is 2.24. The molecule has 0 aliphatic carbocycles. The summed E-state index contributed by atoms with van der Waals surface area (Å²) >= 11 is 5.86. The number of amides is 1. The number of nitrogens with zero attached hydrogens (tertiary/aromatic N) is 2. The number of benzene rings is 1. The van der Waals surface area contributed by atoms with Crippen LogP contribution in [0.3, 0.4) is 0 Å². The Kier molecular flexibility index (Phi) is 3.50. The molecule has 0 saturated heterocycles. The molecule has 100 valence electrons. The van der Waals surface area contributed by atoms with Gasteiger partial charge >= 0.3 is 0 Å². The highest BCUT2D eigenvalue weighted by Gasteiger charge is 2.34. The lowest BCUT2D eigenvalue weighted by Gasteiger charge is -2.17. The van der Waals surface area contributed by atoms with Gasteiger partial charge in [-0.25, -0.2) is 5.01 Å². The molecule has 0 unspecified atom stereocenters. The van der Waals surface area contributed by atoms with Gasteiger partial charge in [-0.2, -0.15) is 5.10 Å². The van der Waals surface area contributed by atoms with Crippen molar-refractivity contribution in [3.63, 3.8) is 0 Å². The van der Waals surface area contributed by atoms with Gasteiger partial charge in [0.25, 0.3) is 5.91 Å². The van der Waals surface area contributed by atoms with Gasteiger partial charge < -0.3 is 0 Å². The fourth-order valence-corrected chi connectivity index (χ4v) is 2.06. The first-order valence-electron chi connectivity index (χ1n) is 6.14. The lowest BCUT2D eigenvalue weighted by Crippen LogP contribution is -2.22. The van der Waals surface area contributed by atoms with Crippen LogP contribution in [0, 0.1) is 5.41 Å². The summed E-state index contributed by atoms with van der Waals surface area (Å²) in [7, 11) is 1.68. The van der Waals surface area contributed by atoms with E-state index in [1.807, 2.05) is 51.1 Å². The number of rotatable bonds is 1. The smallest absolute Gasteiger partial charge is 0.267 e. The van der Waals surface area contributed by atoms with Crippen molar-refractivity contribution in [2.45, 2.75) is 20.8 Å². The van der Waals surface area contributed by atoms with Gasteiger partial charge in [-0.3, -0.25) is 4.79 Å². The number of halogens is 1. The molecule has 0 saturated carbocycles. The highest BCUT2D eigenvalue weighted by Crippen LogP contribution is 2.29. The monoisotopic (exact) mass is 276 g/mol. The van der Waals surface area contributed by atoms with E-state index in [1.165, 1.54) is 5.01 Å². The average molecular weight is 277 g/mol. The summed E-state index contributed by atoms with van der Waals surface area (Å²) < 4.78 is 0. The maximum absolute atomic E-state index is 12.2. The molecule has 0 bridgehead atoms. The van der Waals surface area contributed by atoms with Crippen LogP contribution >= 0.6 is 11.6 Å². The molecule has 0 atom stereocenters. The maximum Gasteiger partial charge on any atom is 0.275 e. The van der Waals surface area contributed by atoms with E-state index < -0.39 is 0 Å². The van der Waals surface area contributed by atoms with E-state index in [9.17, 15) is 4.79 Å². The number of hydrogen-bond acceptors (Lipinski definition) is 2. The molecule has 1 amide bonds. The molecule has 0 fully saturated rings. The third-order valence-corrected chi connectivity index (χ3v) is 3.17. The minimum absolute atomic E-state index is 0.0696. The predicted octanol–water partition coefficient (Wildman–Crippen LogP) is 3.60. The Morgan fingerprint density at radius 2 is 1.79 bits per heavy atom. The van der Waals surface area contributed by atoms with E-state index in [-0.39, 0.29) is 11.3 Å². The third-order valence-electron chi connectivity index (χ3n) is 2.92. The first kappa shape index (κ1) is 13.8. The van der Waals surface area contributed by atoms with Gasteiger partial charge in [-0.15, -0.1) is 0 Å². The molecule has 0 spiro atoms. The zero-order valence-corrected chi connectivity index (χ0v) is 12.3. The molecule has 3 nitrogen and oxygen atoms in total. The molecule has 1 heterocycles. The van der Waals surface area contributed by atoms with Gasteiger partial charge in [-0.05, 0) is 23.8 Å². The van der Waals surface area contributed by atoms with E-state index in [0.717, 1.165) is 11.3 Å². The van der Waals surface area contributed by atoms with Crippen LogP contribution in [0.15, 0.2) is 34.9 Å². The molecule has 1 aliphatic rings. The molecule has 1 aliphatic heterocycles. The molecule has 2 rings (SSSR count). The van der Waals surface area contributed by atoms with E-state index >= 15 is 0 Å². The van der Waals surface area contributed by atoms with Crippen LogP contribution < -0.4 is 0 Å². The van der Waals surface area contributed by atoms with Crippen molar-refractivity contribution in [1.29, 1.82) is 0 Å². The van der Waals surface area contributed by atoms with Crippen molar-refractivity contribution < 1.29 is 4.79 Å². The molecule has 0 N–H and O–H groups in total. The van der Waals surface area contributed by atoms with Crippen LogP contribution in [0.4, 0.5) is 0 Å². The van der Waals surface area contributed by atoms with Crippen molar-refractivity contribution in [2.24, 2.45) is 10.5 Å². The Hall–Kier alpha value is -1.61. The Labute approximate surface area is 118 Å². The molecule has 1 aromatic carbocycles. The van der Waals surface area contributed by atoms with Gasteiger partial charge in [0.2, 0.25) is 0 Å². The highest BCUT2D eigenvalue weighted by atomic mass is 35.5. The van der Waals surface area contributed by atoms with Crippen LogP contribution in [0.5, 0.6) is 0 Å². The first-order valence-corrected chi connectivity index (χ1v) is 6.51. The number of hydrazone groups is 1. The summed E-state index contributed by atoms with van der Waals surface area (Å²) in [4.78, 5) is 12.2. The average Bonchev–Trinajstić information content (AvgIpc) is 2.60. The second kappa shape index (κ2) is 4.82. The van der Waals surface area contributed by atoms with Crippen molar-refractivity contribution >= 4 is 29.3 Å². The fourth-order valence-electron chi connectivity index (χ4n) is 1.93. The molecule has 0 radical (unpaired) electrons. The minimum Gasteiger partial charge on any atom is -0.267 e. The van der Waals surface area contributed by atoms with Gasteiger partial charge in [0, 0.05) is 17.5 Å². The van der Waals surface area contributed by atoms with Crippen molar-refractivity contribution in [2.75, 3.05) is 7.05 Å². The molecule has 1 aromatic rings. The predicted molar refractivity (Wildman–Crippen MR) is 79.1 cm³/mol. The van der Waals surface area contributed by atoms with Crippen molar-refractivity contribution in [3.8, 4) is 0 Å². The molecule has 19 heavy (non-hydrogen) atoms. The summed E-state index contributed by atoms with van der Waals surface area (Å²) in [6.07, 6.45) is 1.87. The Morgan fingerprint density at radius 1 is 1.21 bits per heavy atom. The van der Waals surface area contributed by atoms with Crippen LogP contribution in [0.2, 0.25) is 5.02 Å². The Bertz CT molecular complexity index is 565. The Balaban J connectivity index is 2.44. The molecular formula is C15H17ClN2O. The largest absolute Gasteiger partial charge is 0.275 e.